The lowest BCUT2D eigenvalue weighted by Crippen LogP contribution is -2.36. The summed E-state index contributed by atoms with van der Waals surface area (Å²) in [5.41, 5.74) is 0. The molecule has 2 bridgehead atoms. The summed E-state index contributed by atoms with van der Waals surface area (Å²) in [5.74, 6) is 2.90. The first kappa shape index (κ1) is 16.3. The van der Waals surface area contributed by atoms with Crippen molar-refractivity contribution in [3.63, 3.8) is 0 Å². The quantitative estimate of drug-likeness (QED) is 0.567. The van der Waals surface area contributed by atoms with Crippen molar-refractivity contribution in [1.29, 1.82) is 0 Å². The molecule has 124 valence electrons. The third kappa shape index (κ3) is 4.72. The Labute approximate surface area is 142 Å². The number of benzene rings is 1. The number of carbonyl (C=O) groups excluding carboxylic acids is 1. The van der Waals surface area contributed by atoms with Crippen LogP contribution in [0.15, 0.2) is 36.4 Å². The smallest absolute Gasteiger partial charge is 0.257 e. The second-order valence-electron chi connectivity index (χ2n) is 6.34. The predicted octanol–water partition coefficient (Wildman–Crippen LogP) is 2.64. The number of hydrogen-bond acceptors (Lipinski definition) is 3. The van der Waals surface area contributed by atoms with Gasteiger partial charge in [-0.05, 0) is 61.4 Å². The number of halogens is 1. The second kappa shape index (κ2) is 7.84. The number of amides is 1. The van der Waals surface area contributed by atoms with Gasteiger partial charge in [0.25, 0.3) is 5.91 Å². The molecular formula is C18H23ClN2O2. The fraction of sp³-hybridized carbons (Fsp3) is 0.500. The third-order valence-corrected chi connectivity index (χ3v) is 4.88. The van der Waals surface area contributed by atoms with E-state index in [4.69, 9.17) is 16.3 Å². The maximum atomic E-state index is 11.7. The molecule has 3 rings (SSSR count). The summed E-state index contributed by atoms with van der Waals surface area (Å²) in [6, 6.07) is 6.98. The van der Waals surface area contributed by atoms with Crippen molar-refractivity contribution >= 4 is 17.5 Å². The van der Waals surface area contributed by atoms with Crippen LogP contribution in [0.3, 0.4) is 0 Å². The average molecular weight is 335 g/mol. The standard InChI is InChI=1S/C18H23ClN2O2/c19-16-3-5-17(6-4-16)23-12-18(22)21-8-7-20-11-15-10-13-1-2-14(15)9-13/h1-6,13-15,20H,7-12H2,(H,21,22). The van der Waals surface area contributed by atoms with Crippen LogP contribution in [0.1, 0.15) is 12.8 Å². The van der Waals surface area contributed by atoms with Crippen LogP contribution in [0.5, 0.6) is 5.75 Å². The zero-order chi connectivity index (χ0) is 16.1. The Bertz CT molecular complexity index is 559. The molecule has 2 aliphatic rings. The number of allylic oxidation sites excluding steroid dienone is 2. The Morgan fingerprint density at radius 3 is 2.70 bits per heavy atom. The number of hydrogen-bond donors (Lipinski definition) is 2. The van der Waals surface area contributed by atoms with Crippen molar-refractivity contribution in [3.8, 4) is 5.75 Å². The number of nitrogens with one attached hydrogen (secondary N) is 2. The lowest BCUT2D eigenvalue weighted by molar-refractivity contribution is -0.123. The zero-order valence-electron chi connectivity index (χ0n) is 13.1. The Kier molecular flexibility index (Phi) is 5.57. The largest absolute Gasteiger partial charge is 0.484 e. The molecule has 0 aromatic heterocycles. The number of carbonyl (C=O) groups is 1. The summed E-state index contributed by atoms with van der Waals surface area (Å²) in [6.07, 6.45) is 7.39. The van der Waals surface area contributed by atoms with Gasteiger partial charge >= 0.3 is 0 Å². The minimum absolute atomic E-state index is 0.0266. The first-order valence-electron chi connectivity index (χ1n) is 8.25. The van der Waals surface area contributed by atoms with Gasteiger partial charge in [-0.3, -0.25) is 4.79 Å². The zero-order valence-corrected chi connectivity index (χ0v) is 13.9. The summed E-state index contributed by atoms with van der Waals surface area (Å²) >= 11 is 5.79. The third-order valence-electron chi connectivity index (χ3n) is 4.63. The van der Waals surface area contributed by atoms with E-state index in [-0.39, 0.29) is 12.5 Å². The molecule has 0 radical (unpaired) electrons. The Morgan fingerprint density at radius 1 is 1.17 bits per heavy atom. The lowest BCUT2D eigenvalue weighted by Gasteiger charge is -2.18. The molecule has 1 aromatic rings. The van der Waals surface area contributed by atoms with E-state index < -0.39 is 0 Å². The van der Waals surface area contributed by atoms with Crippen molar-refractivity contribution in [2.24, 2.45) is 17.8 Å². The van der Waals surface area contributed by atoms with Crippen LogP contribution in [0, 0.1) is 17.8 Å². The van der Waals surface area contributed by atoms with Gasteiger partial charge in [0.05, 0.1) is 0 Å². The molecule has 3 unspecified atom stereocenters. The molecule has 0 saturated heterocycles. The van der Waals surface area contributed by atoms with Crippen LogP contribution in [0.4, 0.5) is 0 Å². The van der Waals surface area contributed by atoms with Crippen molar-refractivity contribution in [2.75, 3.05) is 26.2 Å². The van der Waals surface area contributed by atoms with Gasteiger partial charge in [0.2, 0.25) is 0 Å². The Balaban J connectivity index is 1.23. The van der Waals surface area contributed by atoms with Crippen LogP contribution in [0.25, 0.3) is 0 Å². The van der Waals surface area contributed by atoms with Gasteiger partial charge in [-0.2, -0.15) is 0 Å². The minimum Gasteiger partial charge on any atom is -0.484 e. The van der Waals surface area contributed by atoms with Gasteiger partial charge in [0, 0.05) is 18.1 Å². The highest BCUT2D eigenvalue weighted by molar-refractivity contribution is 6.30. The highest BCUT2D eigenvalue weighted by Crippen LogP contribution is 2.42. The topological polar surface area (TPSA) is 50.4 Å². The van der Waals surface area contributed by atoms with Crippen molar-refractivity contribution in [1.82, 2.24) is 10.6 Å². The highest BCUT2D eigenvalue weighted by atomic mass is 35.5. The molecule has 1 fully saturated rings. The molecule has 4 nitrogen and oxygen atoms in total. The highest BCUT2D eigenvalue weighted by Gasteiger charge is 2.34. The molecule has 0 aliphatic heterocycles. The molecule has 0 heterocycles. The van der Waals surface area contributed by atoms with Crippen LogP contribution >= 0.6 is 11.6 Å². The van der Waals surface area contributed by atoms with Crippen LogP contribution < -0.4 is 15.4 Å². The molecule has 3 atom stereocenters. The van der Waals surface area contributed by atoms with Gasteiger partial charge in [0.1, 0.15) is 5.75 Å². The van der Waals surface area contributed by atoms with Crippen molar-refractivity contribution in [3.05, 3.63) is 41.4 Å². The molecule has 1 aromatic carbocycles. The van der Waals surface area contributed by atoms with Crippen molar-refractivity contribution in [2.45, 2.75) is 12.8 Å². The molecule has 23 heavy (non-hydrogen) atoms. The van der Waals surface area contributed by atoms with E-state index in [0.29, 0.717) is 17.3 Å². The summed E-state index contributed by atoms with van der Waals surface area (Å²) in [5, 5.41) is 6.95. The van der Waals surface area contributed by atoms with Gasteiger partial charge in [-0.15, -0.1) is 0 Å². The van der Waals surface area contributed by atoms with Crippen LogP contribution in [0.2, 0.25) is 5.02 Å². The number of fused-ring (bicyclic) bond motifs is 2. The predicted molar refractivity (Wildman–Crippen MR) is 91.7 cm³/mol. The van der Waals surface area contributed by atoms with Gasteiger partial charge < -0.3 is 15.4 Å². The average Bonchev–Trinajstić information content (AvgIpc) is 3.17. The first-order chi connectivity index (χ1) is 11.2. The summed E-state index contributed by atoms with van der Waals surface area (Å²) in [7, 11) is 0. The van der Waals surface area contributed by atoms with Crippen LogP contribution in [-0.2, 0) is 4.79 Å². The maximum absolute atomic E-state index is 11.7. The van der Waals surface area contributed by atoms with E-state index in [9.17, 15) is 4.79 Å². The molecular weight excluding hydrogens is 312 g/mol. The lowest BCUT2D eigenvalue weighted by atomic mass is 9.94. The Hall–Kier alpha value is -1.52. The molecule has 1 amide bonds. The fourth-order valence-electron chi connectivity index (χ4n) is 3.44. The van der Waals surface area contributed by atoms with E-state index in [0.717, 1.165) is 30.8 Å². The van der Waals surface area contributed by atoms with Crippen molar-refractivity contribution < 1.29 is 9.53 Å². The van der Waals surface area contributed by atoms with E-state index in [1.807, 2.05) is 0 Å². The summed E-state index contributed by atoms with van der Waals surface area (Å²) < 4.78 is 5.40. The first-order valence-corrected chi connectivity index (χ1v) is 8.62. The molecule has 1 saturated carbocycles. The number of rotatable bonds is 8. The van der Waals surface area contributed by atoms with Gasteiger partial charge in [-0.25, -0.2) is 0 Å². The summed E-state index contributed by atoms with van der Waals surface area (Å²) in [4.78, 5) is 11.7. The van der Waals surface area contributed by atoms with E-state index in [1.54, 1.807) is 24.3 Å². The number of ether oxygens (including phenoxy) is 1. The maximum Gasteiger partial charge on any atom is 0.257 e. The monoisotopic (exact) mass is 334 g/mol. The normalized spacial score (nSPS) is 24.8. The van der Waals surface area contributed by atoms with E-state index in [2.05, 4.69) is 22.8 Å². The Morgan fingerprint density at radius 2 is 2.00 bits per heavy atom. The van der Waals surface area contributed by atoms with Crippen LogP contribution in [-0.4, -0.2) is 32.1 Å². The molecule has 0 spiro atoms. The van der Waals surface area contributed by atoms with E-state index in [1.165, 1.54) is 12.8 Å². The second-order valence-corrected chi connectivity index (χ2v) is 6.77. The minimum atomic E-state index is -0.107. The summed E-state index contributed by atoms with van der Waals surface area (Å²) in [6.45, 7) is 2.49. The van der Waals surface area contributed by atoms with Gasteiger partial charge in [-0.1, -0.05) is 23.8 Å². The molecule has 2 N–H and O–H groups in total. The molecule has 5 heteroatoms. The van der Waals surface area contributed by atoms with E-state index >= 15 is 0 Å². The fourth-order valence-corrected chi connectivity index (χ4v) is 3.56. The van der Waals surface area contributed by atoms with Gasteiger partial charge in [0.15, 0.2) is 6.61 Å². The SMILES string of the molecule is O=C(COc1ccc(Cl)cc1)NCCNCC1CC2C=CC1C2. The molecule has 2 aliphatic carbocycles.